The van der Waals surface area contributed by atoms with Crippen molar-refractivity contribution in [1.29, 1.82) is 0 Å². The van der Waals surface area contributed by atoms with Crippen LogP contribution in [0.15, 0.2) is 24.3 Å². The van der Waals surface area contributed by atoms with Gasteiger partial charge in [-0.2, -0.15) is 0 Å². The maximum Gasteiger partial charge on any atom is 0.360 e. The Bertz CT molecular complexity index is 650. The third-order valence-corrected chi connectivity index (χ3v) is 3.15. The van der Waals surface area contributed by atoms with E-state index < -0.39 is 5.97 Å². The molecule has 0 bridgehead atoms. The summed E-state index contributed by atoms with van der Waals surface area (Å²) in [4.78, 5) is 15.7. The Labute approximate surface area is 123 Å². The van der Waals surface area contributed by atoms with Crippen LogP contribution in [0.3, 0.4) is 0 Å². The molecule has 0 unspecified atom stereocenters. The topological polar surface area (TPSA) is 79.4 Å². The number of hydrogen-bond donors (Lipinski definition) is 1. The molecule has 2 aromatic rings. The number of esters is 1. The zero-order valence-electron chi connectivity index (χ0n) is 12.4. The lowest BCUT2D eigenvalue weighted by atomic mass is 10.2. The van der Waals surface area contributed by atoms with Crippen LogP contribution in [0.1, 0.15) is 21.9 Å². The summed E-state index contributed by atoms with van der Waals surface area (Å²) in [7, 11) is 1.30. The van der Waals surface area contributed by atoms with Crippen molar-refractivity contribution in [3.05, 3.63) is 41.3 Å². The Kier molecular flexibility index (Phi) is 4.47. The average Bonchev–Trinajstić information content (AvgIpc) is 2.74. The molecule has 112 valence electrons. The number of carbonyl (C=O) groups excluding carboxylic acids is 1. The zero-order chi connectivity index (χ0) is 15.4. The van der Waals surface area contributed by atoms with Crippen LogP contribution < -0.4 is 10.5 Å². The summed E-state index contributed by atoms with van der Waals surface area (Å²) in [6.45, 7) is 4.74. The first kappa shape index (κ1) is 14.9. The molecule has 0 spiro atoms. The van der Waals surface area contributed by atoms with E-state index in [2.05, 4.69) is 9.72 Å². The fraction of sp³-hybridized carbons (Fsp3) is 0.333. The van der Waals surface area contributed by atoms with Gasteiger partial charge < -0.3 is 19.8 Å². The number of ether oxygens (including phenoxy) is 2. The van der Waals surface area contributed by atoms with Gasteiger partial charge in [0.05, 0.1) is 13.7 Å². The van der Waals surface area contributed by atoms with Crippen LogP contribution in [0.25, 0.3) is 0 Å². The smallest absolute Gasteiger partial charge is 0.360 e. The van der Waals surface area contributed by atoms with Crippen LogP contribution in [0, 0.1) is 13.8 Å². The molecule has 0 aliphatic heterocycles. The quantitative estimate of drug-likeness (QED) is 0.851. The van der Waals surface area contributed by atoms with E-state index >= 15 is 0 Å². The van der Waals surface area contributed by atoms with Gasteiger partial charge in [0.15, 0.2) is 5.69 Å². The summed E-state index contributed by atoms with van der Waals surface area (Å²) < 4.78 is 12.1. The molecule has 0 fully saturated rings. The van der Waals surface area contributed by atoms with Gasteiger partial charge >= 0.3 is 5.97 Å². The fourth-order valence-corrected chi connectivity index (χ4v) is 2.07. The van der Waals surface area contributed by atoms with Gasteiger partial charge in [-0.25, -0.2) is 9.78 Å². The summed E-state index contributed by atoms with van der Waals surface area (Å²) in [6.07, 6.45) is 0. The minimum absolute atomic E-state index is 0.144. The lowest BCUT2D eigenvalue weighted by Crippen LogP contribution is -2.13. The largest absolute Gasteiger partial charge is 0.492 e. The highest BCUT2D eigenvalue weighted by atomic mass is 16.5. The Morgan fingerprint density at radius 2 is 2.14 bits per heavy atom. The van der Waals surface area contributed by atoms with Crippen LogP contribution in [-0.4, -0.2) is 29.2 Å². The minimum Gasteiger partial charge on any atom is -0.492 e. The highest BCUT2D eigenvalue weighted by molar-refractivity contribution is 5.92. The first-order valence-electron chi connectivity index (χ1n) is 6.63. The second kappa shape index (κ2) is 6.30. The van der Waals surface area contributed by atoms with Crippen molar-refractivity contribution in [3.8, 4) is 5.75 Å². The van der Waals surface area contributed by atoms with Crippen molar-refractivity contribution in [2.45, 2.75) is 20.4 Å². The standard InChI is InChI=1S/C15H19N3O3/c1-10-5-4-6-12(9-10)21-8-7-18-11(2)17-13(14(18)16)15(19)20-3/h4-6,9H,7-8,16H2,1-3H3. The molecule has 1 aromatic heterocycles. The molecule has 1 aromatic carbocycles. The number of anilines is 1. The molecular formula is C15H19N3O3. The molecule has 0 aliphatic rings. The van der Waals surface area contributed by atoms with Gasteiger partial charge in [0.1, 0.15) is 24.0 Å². The highest BCUT2D eigenvalue weighted by Crippen LogP contribution is 2.16. The number of benzene rings is 1. The summed E-state index contributed by atoms with van der Waals surface area (Å²) in [5, 5.41) is 0. The minimum atomic E-state index is -0.533. The van der Waals surface area contributed by atoms with Gasteiger partial charge in [0.2, 0.25) is 0 Å². The number of nitrogens with zero attached hydrogens (tertiary/aromatic N) is 2. The van der Waals surface area contributed by atoms with Gasteiger partial charge in [-0.05, 0) is 31.5 Å². The molecular weight excluding hydrogens is 270 g/mol. The second-order valence-electron chi connectivity index (χ2n) is 4.70. The summed E-state index contributed by atoms with van der Waals surface area (Å²) in [5.41, 5.74) is 7.21. The maximum atomic E-state index is 11.5. The van der Waals surface area contributed by atoms with E-state index in [-0.39, 0.29) is 5.69 Å². The SMILES string of the molecule is COC(=O)c1nc(C)n(CCOc2cccc(C)c2)c1N. The monoisotopic (exact) mass is 289 g/mol. The third kappa shape index (κ3) is 3.34. The zero-order valence-corrected chi connectivity index (χ0v) is 12.4. The number of hydrogen-bond acceptors (Lipinski definition) is 5. The lowest BCUT2D eigenvalue weighted by molar-refractivity contribution is 0.0595. The van der Waals surface area contributed by atoms with E-state index in [1.54, 1.807) is 11.5 Å². The summed E-state index contributed by atoms with van der Waals surface area (Å²) >= 11 is 0. The molecule has 0 atom stereocenters. The van der Waals surface area contributed by atoms with E-state index in [1.165, 1.54) is 7.11 Å². The van der Waals surface area contributed by atoms with Crippen molar-refractivity contribution in [2.75, 3.05) is 19.5 Å². The van der Waals surface area contributed by atoms with Crippen molar-refractivity contribution in [1.82, 2.24) is 9.55 Å². The fourth-order valence-electron chi connectivity index (χ4n) is 2.07. The molecule has 0 saturated heterocycles. The Hall–Kier alpha value is -2.50. The predicted octanol–water partition coefficient (Wildman–Crippen LogP) is 1.95. The Balaban J connectivity index is 2.03. The van der Waals surface area contributed by atoms with Crippen LogP contribution in [0.4, 0.5) is 5.82 Å². The van der Waals surface area contributed by atoms with Gasteiger partial charge in [0.25, 0.3) is 0 Å². The van der Waals surface area contributed by atoms with E-state index in [9.17, 15) is 4.79 Å². The Morgan fingerprint density at radius 1 is 1.38 bits per heavy atom. The molecule has 0 aliphatic carbocycles. The van der Waals surface area contributed by atoms with Gasteiger partial charge in [-0.1, -0.05) is 12.1 Å². The lowest BCUT2D eigenvalue weighted by Gasteiger charge is -2.10. The van der Waals surface area contributed by atoms with Crippen molar-refractivity contribution >= 4 is 11.8 Å². The normalized spacial score (nSPS) is 10.4. The van der Waals surface area contributed by atoms with E-state index in [1.807, 2.05) is 31.2 Å². The first-order valence-corrected chi connectivity index (χ1v) is 6.63. The maximum absolute atomic E-state index is 11.5. The number of aryl methyl sites for hydroxylation is 2. The number of rotatable bonds is 5. The molecule has 21 heavy (non-hydrogen) atoms. The van der Waals surface area contributed by atoms with Crippen LogP contribution in [0.5, 0.6) is 5.75 Å². The average molecular weight is 289 g/mol. The molecule has 0 amide bonds. The second-order valence-corrected chi connectivity index (χ2v) is 4.70. The molecule has 2 rings (SSSR count). The highest BCUT2D eigenvalue weighted by Gasteiger charge is 2.18. The first-order chi connectivity index (χ1) is 10.0. The van der Waals surface area contributed by atoms with E-state index in [0.717, 1.165) is 11.3 Å². The van der Waals surface area contributed by atoms with Crippen molar-refractivity contribution in [2.24, 2.45) is 0 Å². The molecule has 2 N–H and O–H groups in total. The number of nitrogen functional groups attached to an aromatic ring is 1. The van der Waals surface area contributed by atoms with Crippen molar-refractivity contribution < 1.29 is 14.3 Å². The molecule has 0 saturated carbocycles. The number of carbonyl (C=O) groups is 1. The molecule has 1 heterocycles. The predicted molar refractivity (Wildman–Crippen MR) is 79.4 cm³/mol. The van der Waals surface area contributed by atoms with Crippen molar-refractivity contribution in [3.63, 3.8) is 0 Å². The summed E-state index contributed by atoms with van der Waals surface area (Å²) in [6, 6.07) is 7.81. The molecule has 6 heteroatoms. The van der Waals surface area contributed by atoms with Crippen LogP contribution >= 0.6 is 0 Å². The van der Waals surface area contributed by atoms with Gasteiger partial charge in [0, 0.05) is 0 Å². The third-order valence-electron chi connectivity index (χ3n) is 3.15. The van der Waals surface area contributed by atoms with Gasteiger partial charge in [-0.3, -0.25) is 0 Å². The van der Waals surface area contributed by atoms with E-state index in [0.29, 0.717) is 24.8 Å². The number of aromatic nitrogens is 2. The number of methoxy groups -OCH3 is 1. The van der Waals surface area contributed by atoms with Crippen LogP contribution in [-0.2, 0) is 11.3 Å². The van der Waals surface area contributed by atoms with Gasteiger partial charge in [-0.15, -0.1) is 0 Å². The number of imidazole rings is 1. The van der Waals surface area contributed by atoms with Crippen LogP contribution in [0.2, 0.25) is 0 Å². The molecule has 6 nitrogen and oxygen atoms in total. The Morgan fingerprint density at radius 3 is 2.81 bits per heavy atom. The number of nitrogens with two attached hydrogens (primary N) is 1. The summed E-state index contributed by atoms with van der Waals surface area (Å²) in [5.74, 6) is 1.22. The molecule has 0 radical (unpaired) electrons. The van der Waals surface area contributed by atoms with E-state index in [4.69, 9.17) is 10.5 Å².